The van der Waals surface area contributed by atoms with Gasteiger partial charge in [-0.05, 0) is 24.4 Å². The Balaban J connectivity index is 1.90. The third-order valence-corrected chi connectivity index (χ3v) is 2.52. The van der Waals surface area contributed by atoms with Gasteiger partial charge in [0.05, 0.1) is 13.2 Å². The molecule has 1 rings (SSSR count). The van der Waals surface area contributed by atoms with Gasteiger partial charge in [-0.1, -0.05) is 13.0 Å². The van der Waals surface area contributed by atoms with Crippen molar-refractivity contribution in [2.24, 2.45) is 0 Å². The minimum Gasteiger partial charge on any atom is -0.375 e. The van der Waals surface area contributed by atoms with Gasteiger partial charge in [-0.2, -0.15) is 0 Å². The van der Waals surface area contributed by atoms with E-state index in [1.165, 1.54) is 11.3 Å². The summed E-state index contributed by atoms with van der Waals surface area (Å²) in [6.07, 6.45) is 1.19. The number of thiophene rings is 1. The van der Waals surface area contributed by atoms with E-state index >= 15 is 0 Å². The van der Waals surface area contributed by atoms with Gasteiger partial charge in [0, 0.05) is 11.4 Å². The molecular weight excluding hydrogens is 182 g/mol. The van der Waals surface area contributed by atoms with Gasteiger partial charge in [-0.25, -0.2) is 0 Å². The topological polar surface area (TPSA) is 21.3 Å². The van der Waals surface area contributed by atoms with Crippen molar-refractivity contribution in [3.63, 3.8) is 0 Å². The monoisotopic (exact) mass is 199 g/mol. The van der Waals surface area contributed by atoms with E-state index in [0.717, 1.165) is 26.3 Å². The minimum absolute atomic E-state index is 0.755. The Morgan fingerprint density at radius 3 is 3.08 bits per heavy atom. The molecule has 0 aliphatic heterocycles. The van der Waals surface area contributed by atoms with Gasteiger partial charge < -0.3 is 10.1 Å². The van der Waals surface area contributed by atoms with E-state index < -0.39 is 0 Å². The largest absolute Gasteiger partial charge is 0.375 e. The van der Waals surface area contributed by atoms with E-state index in [0.29, 0.717) is 0 Å². The Morgan fingerprint density at radius 2 is 2.38 bits per heavy atom. The second kappa shape index (κ2) is 7.06. The maximum Gasteiger partial charge on any atom is 0.0809 e. The van der Waals surface area contributed by atoms with Crippen LogP contribution in [0, 0.1) is 0 Å². The lowest BCUT2D eigenvalue weighted by Gasteiger charge is -2.03. The van der Waals surface area contributed by atoms with E-state index in [-0.39, 0.29) is 0 Å². The highest BCUT2D eigenvalue weighted by Gasteiger charge is 1.92. The molecule has 1 heterocycles. The van der Waals surface area contributed by atoms with Gasteiger partial charge >= 0.3 is 0 Å². The van der Waals surface area contributed by atoms with Crippen LogP contribution in [-0.2, 0) is 11.3 Å². The molecule has 74 valence electrons. The van der Waals surface area contributed by atoms with Crippen molar-refractivity contribution in [3.05, 3.63) is 22.4 Å². The average Bonchev–Trinajstić information content (AvgIpc) is 2.63. The fourth-order valence-electron chi connectivity index (χ4n) is 1.01. The van der Waals surface area contributed by atoms with Crippen molar-refractivity contribution < 1.29 is 4.74 Å². The molecule has 0 aliphatic rings. The predicted octanol–water partition coefficient (Wildman–Crippen LogP) is 2.26. The quantitative estimate of drug-likeness (QED) is 0.680. The summed E-state index contributed by atoms with van der Waals surface area (Å²) in [6.45, 7) is 5.77. The first kappa shape index (κ1) is 10.7. The van der Waals surface area contributed by atoms with E-state index in [4.69, 9.17) is 4.74 Å². The molecule has 0 unspecified atom stereocenters. The molecule has 1 N–H and O–H groups in total. The Hall–Kier alpha value is -0.380. The molecule has 0 bridgehead atoms. The average molecular weight is 199 g/mol. The van der Waals surface area contributed by atoms with Crippen molar-refractivity contribution in [1.29, 1.82) is 0 Å². The second-order valence-corrected chi connectivity index (χ2v) is 3.91. The molecule has 2 nitrogen and oxygen atoms in total. The third-order valence-electron chi connectivity index (χ3n) is 1.67. The number of hydrogen-bond acceptors (Lipinski definition) is 3. The molecule has 0 spiro atoms. The molecule has 0 aromatic carbocycles. The van der Waals surface area contributed by atoms with Crippen molar-refractivity contribution >= 4 is 11.3 Å². The smallest absolute Gasteiger partial charge is 0.0809 e. The van der Waals surface area contributed by atoms with Crippen molar-refractivity contribution in [2.75, 3.05) is 19.7 Å². The van der Waals surface area contributed by atoms with Gasteiger partial charge in [-0.3, -0.25) is 0 Å². The highest BCUT2D eigenvalue weighted by atomic mass is 32.1. The lowest BCUT2D eigenvalue weighted by molar-refractivity contribution is 0.125. The molecular formula is C10H17NOS. The fraction of sp³-hybridized carbons (Fsp3) is 0.600. The van der Waals surface area contributed by atoms with Gasteiger partial charge in [0.25, 0.3) is 0 Å². The summed E-state index contributed by atoms with van der Waals surface area (Å²) >= 11 is 1.75. The molecule has 0 aliphatic carbocycles. The SMILES string of the molecule is CCCNCCOCc1cccs1. The summed E-state index contributed by atoms with van der Waals surface area (Å²) in [7, 11) is 0. The normalized spacial score (nSPS) is 10.5. The minimum atomic E-state index is 0.755. The molecule has 0 fully saturated rings. The molecule has 0 atom stereocenters. The molecule has 0 saturated heterocycles. The maximum absolute atomic E-state index is 5.47. The number of nitrogens with one attached hydrogen (secondary N) is 1. The highest BCUT2D eigenvalue weighted by molar-refractivity contribution is 7.09. The Bertz CT molecular complexity index is 199. The van der Waals surface area contributed by atoms with Crippen molar-refractivity contribution in [1.82, 2.24) is 5.32 Å². The highest BCUT2D eigenvalue weighted by Crippen LogP contribution is 2.08. The van der Waals surface area contributed by atoms with Crippen LogP contribution in [0.1, 0.15) is 18.2 Å². The summed E-state index contributed by atoms with van der Waals surface area (Å²) < 4.78 is 5.47. The van der Waals surface area contributed by atoms with Crippen molar-refractivity contribution in [3.8, 4) is 0 Å². The first-order valence-corrected chi connectivity index (χ1v) is 5.62. The summed E-state index contributed by atoms with van der Waals surface area (Å²) in [5, 5.41) is 5.37. The van der Waals surface area contributed by atoms with Crippen LogP contribution >= 0.6 is 11.3 Å². The fourth-order valence-corrected chi connectivity index (χ4v) is 1.65. The number of hydrogen-bond donors (Lipinski definition) is 1. The molecule has 1 aromatic rings. The Labute approximate surface area is 83.9 Å². The number of ether oxygens (including phenoxy) is 1. The van der Waals surface area contributed by atoms with Crippen LogP contribution in [0.15, 0.2) is 17.5 Å². The molecule has 0 amide bonds. The molecule has 1 aromatic heterocycles. The van der Waals surface area contributed by atoms with Crippen LogP contribution < -0.4 is 5.32 Å². The van der Waals surface area contributed by atoms with Crippen LogP contribution in [0.3, 0.4) is 0 Å². The van der Waals surface area contributed by atoms with Crippen LogP contribution in [0.2, 0.25) is 0 Å². The van der Waals surface area contributed by atoms with Crippen LogP contribution in [-0.4, -0.2) is 19.7 Å². The molecule has 0 saturated carbocycles. The zero-order chi connectivity index (χ0) is 9.36. The van der Waals surface area contributed by atoms with Gasteiger partial charge in [0.2, 0.25) is 0 Å². The molecule has 13 heavy (non-hydrogen) atoms. The summed E-state index contributed by atoms with van der Waals surface area (Å²) in [5.74, 6) is 0. The maximum atomic E-state index is 5.47. The standard InChI is InChI=1S/C10H17NOS/c1-2-5-11-6-7-12-9-10-4-3-8-13-10/h3-4,8,11H,2,5-7,9H2,1H3. The summed E-state index contributed by atoms with van der Waals surface area (Å²) in [5.41, 5.74) is 0. The van der Waals surface area contributed by atoms with Crippen molar-refractivity contribution in [2.45, 2.75) is 20.0 Å². The van der Waals surface area contributed by atoms with Crippen LogP contribution in [0.4, 0.5) is 0 Å². The summed E-state index contributed by atoms with van der Waals surface area (Å²) in [4.78, 5) is 1.30. The van der Waals surface area contributed by atoms with Gasteiger partial charge in [-0.15, -0.1) is 11.3 Å². The Morgan fingerprint density at radius 1 is 1.46 bits per heavy atom. The first-order valence-electron chi connectivity index (χ1n) is 4.74. The molecule has 0 radical (unpaired) electrons. The van der Waals surface area contributed by atoms with E-state index in [9.17, 15) is 0 Å². The third kappa shape index (κ3) is 5.03. The molecule has 3 heteroatoms. The zero-order valence-corrected chi connectivity index (χ0v) is 8.90. The number of rotatable bonds is 7. The van der Waals surface area contributed by atoms with Gasteiger partial charge in [0.15, 0.2) is 0 Å². The Kier molecular flexibility index (Phi) is 5.81. The van der Waals surface area contributed by atoms with Crippen LogP contribution in [0.5, 0.6) is 0 Å². The first-order chi connectivity index (χ1) is 6.43. The van der Waals surface area contributed by atoms with Crippen LogP contribution in [0.25, 0.3) is 0 Å². The van der Waals surface area contributed by atoms with E-state index in [1.54, 1.807) is 11.3 Å². The van der Waals surface area contributed by atoms with Gasteiger partial charge in [0.1, 0.15) is 0 Å². The lowest BCUT2D eigenvalue weighted by atomic mass is 10.5. The zero-order valence-electron chi connectivity index (χ0n) is 8.08. The second-order valence-electron chi connectivity index (χ2n) is 2.88. The lowest BCUT2D eigenvalue weighted by Crippen LogP contribution is -2.20. The van der Waals surface area contributed by atoms with E-state index in [2.05, 4.69) is 29.8 Å². The van der Waals surface area contributed by atoms with E-state index in [1.807, 2.05) is 0 Å². The predicted molar refractivity (Wildman–Crippen MR) is 57.1 cm³/mol. The summed E-state index contributed by atoms with van der Waals surface area (Å²) in [6, 6.07) is 4.16.